The van der Waals surface area contributed by atoms with Crippen LogP contribution in [0.3, 0.4) is 0 Å². The molecule has 0 saturated carbocycles. The van der Waals surface area contributed by atoms with Crippen LogP contribution < -0.4 is 5.32 Å². The fourth-order valence-corrected chi connectivity index (χ4v) is 3.36. The molecule has 25 heavy (non-hydrogen) atoms. The van der Waals surface area contributed by atoms with Gasteiger partial charge in [0.05, 0.1) is 6.04 Å². The van der Waals surface area contributed by atoms with Crippen molar-refractivity contribution in [1.29, 1.82) is 0 Å². The van der Waals surface area contributed by atoms with Crippen molar-refractivity contribution < 1.29 is 9.59 Å². The molecule has 4 rings (SSSR count). The normalized spacial score (nSPS) is 13.1. The number of hydrogen-bond acceptors (Lipinski definition) is 2. The summed E-state index contributed by atoms with van der Waals surface area (Å²) < 4.78 is 0. The summed E-state index contributed by atoms with van der Waals surface area (Å²) in [4.78, 5) is 25.5. The molecule has 122 valence electrons. The standard InChI is InChI=1S/C22H17NO2/c1-14(15-8-3-2-4-9-15)23-22(25)19-13-7-12-18-20(19)16-10-5-6-11-17(16)21(18)24/h2-14H,1H3,(H,23,25). The van der Waals surface area contributed by atoms with Gasteiger partial charge in [-0.3, -0.25) is 9.59 Å². The van der Waals surface area contributed by atoms with Crippen molar-refractivity contribution in [3.05, 3.63) is 95.1 Å². The van der Waals surface area contributed by atoms with Gasteiger partial charge in [-0.1, -0.05) is 66.7 Å². The van der Waals surface area contributed by atoms with Gasteiger partial charge in [0, 0.05) is 22.3 Å². The Kier molecular flexibility index (Phi) is 3.69. The van der Waals surface area contributed by atoms with Gasteiger partial charge in [-0.05, 0) is 24.1 Å². The van der Waals surface area contributed by atoms with Crippen LogP contribution in [0.4, 0.5) is 0 Å². The highest BCUT2D eigenvalue weighted by molar-refractivity contribution is 6.24. The van der Waals surface area contributed by atoms with E-state index in [1.165, 1.54) is 0 Å². The van der Waals surface area contributed by atoms with Gasteiger partial charge in [0.1, 0.15) is 0 Å². The number of benzene rings is 3. The lowest BCUT2D eigenvalue weighted by molar-refractivity contribution is 0.0940. The summed E-state index contributed by atoms with van der Waals surface area (Å²) in [5, 5.41) is 3.04. The number of ketones is 1. The number of rotatable bonds is 3. The summed E-state index contributed by atoms with van der Waals surface area (Å²) in [6, 6.07) is 22.5. The lowest BCUT2D eigenvalue weighted by Gasteiger charge is -2.16. The van der Waals surface area contributed by atoms with E-state index in [-0.39, 0.29) is 17.7 Å². The Morgan fingerprint density at radius 3 is 2.20 bits per heavy atom. The molecule has 0 aromatic heterocycles. The maximum absolute atomic E-state index is 12.9. The minimum atomic E-state index is -0.169. The van der Waals surface area contributed by atoms with E-state index in [9.17, 15) is 9.59 Å². The van der Waals surface area contributed by atoms with Gasteiger partial charge in [0.2, 0.25) is 0 Å². The molecule has 0 fully saturated rings. The highest BCUT2D eigenvalue weighted by Crippen LogP contribution is 2.38. The van der Waals surface area contributed by atoms with Crippen molar-refractivity contribution >= 4 is 11.7 Å². The summed E-state index contributed by atoms with van der Waals surface area (Å²) in [7, 11) is 0. The molecule has 1 aliphatic carbocycles. The van der Waals surface area contributed by atoms with Crippen molar-refractivity contribution in [2.75, 3.05) is 0 Å². The largest absolute Gasteiger partial charge is 0.345 e. The number of carbonyl (C=O) groups excluding carboxylic acids is 2. The van der Waals surface area contributed by atoms with E-state index >= 15 is 0 Å². The monoisotopic (exact) mass is 327 g/mol. The third kappa shape index (κ3) is 2.54. The summed E-state index contributed by atoms with van der Waals surface area (Å²) in [5.74, 6) is -0.186. The molecule has 3 aromatic rings. The second kappa shape index (κ2) is 6.02. The van der Waals surface area contributed by atoms with Gasteiger partial charge in [0.25, 0.3) is 5.91 Å². The molecular weight excluding hydrogens is 310 g/mol. The third-order valence-electron chi connectivity index (χ3n) is 4.64. The van der Waals surface area contributed by atoms with Gasteiger partial charge < -0.3 is 5.32 Å². The first-order valence-electron chi connectivity index (χ1n) is 8.29. The fraction of sp³-hybridized carbons (Fsp3) is 0.0909. The van der Waals surface area contributed by atoms with Crippen molar-refractivity contribution in [2.24, 2.45) is 0 Å². The first-order chi connectivity index (χ1) is 12.2. The Hall–Kier alpha value is -3.20. The molecule has 1 atom stereocenters. The van der Waals surface area contributed by atoms with Crippen LogP contribution >= 0.6 is 0 Å². The van der Waals surface area contributed by atoms with Gasteiger partial charge >= 0.3 is 0 Å². The van der Waals surface area contributed by atoms with Gasteiger partial charge in [0.15, 0.2) is 5.78 Å². The van der Waals surface area contributed by atoms with Crippen molar-refractivity contribution in [1.82, 2.24) is 5.32 Å². The first-order valence-corrected chi connectivity index (χ1v) is 8.29. The third-order valence-corrected chi connectivity index (χ3v) is 4.64. The molecule has 0 saturated heterocycles. The van der Waals surface area contributed by atoms with Crippen molar-refractivity contribution in [3.8, 4) is 11.1 Å². The second-order valence-electron chi connectivity index (χ2n) is 6.21. The van der Waals surface area contributed by atoms with E-state index < -0.39 is 0 Å². The zero-order valence-corrected chi connectivity index (χ0v) is 13.8. The van der Waals surface area contributed by atoms with Crippen LogP contribution in [0.2, 0.25) is 0 Å². The molecule has 0 aliphatic heterocycles. The van der Waals surface area contributed by atoms with Gasteiger partial charge in [-0.25, -0.2) is 0 Å². The number of fused-ring (bicyclic) bond motifs is 3. The first kappa shape index (κ1) is 15.3. The van der Waals surface area contributed by atoms with Crippen molar-refractivity contribution in [2.45, 2.75) is 13.0 Å². The molecule has 0 spiro atoms. The summed E-state index contributed by atoms with van der Waals surface area (Å²) in [6.45, 7) is 1.95. The Balaban J connectivity index is 1.72. The Morgan fingerprint density at radius 1 is 0.800 bits per heavy atom. The summed E-state index contributed by atoms with van der Waals surface area (Å²) in [5.41, 5.74) is 4.41. The minimum Gasteiger partial charge on any atom is -0.345 e. The molecule has 1 unspecified atom stereocenters. The fourth-order valence-electron chi connectivity index (χ4n) is 3.36. The maximum Gasteiger partial charge on any atom is 0.252 e. The highest BCUT2D eigenvalue weighted by atomic mass is 16.1. The lowest BCUT2D eigenvalue weighted by atomic mass is 9.98. The van der Waals surface area contributed by atoms with E-state index in [0.717, 1.165) is 16.7 Å². The molecule has 0 radical (unpaired) electrons. The van der Waals surface area contributed by atoms with Crippen LogP contribution in [0.15, 0.2) is 72.8 Å². The number of carbonyl (C=O) groups is 2. The second-order valence-corrected chi connectivity index (χ2v) is 6.21. The number of nitrogens with one attached hydrogen (secondary N) is 1. The molecule has 1 aliphatic rings. The van der Waals surface area contributed by atoms with Crippen molar-refractivity contribution in [3.63, 3.8) is 0 Å². The summed E-state index contributed by atoms with van der Waals surface area (Å²) in [6.07, 6.45) is 0. The number of hydrogen-bond donors (Lipinski definition) is 1. The molecule has 3 aromatic carbocycles. The smallest absolute Gasteiger partial charge is 0.252 e. The molecule has 1 amide bonds. The van der Waals surface area contributed by atoms with Gasteiger partial charge in [-0.2, -0.15) is 0 Å². The number of amides is 1. The van der Waals surface area contributed by atoms with E-state index in [2.05, 4.69) is 5.32 Å². The van der Waals surface area contributed by atoms with Crippen LogP contribution in [-0.2, 0) is 0 Å². The quantitative estimate of drug-likeness (QED) is 0.606. The minimum absolute atomic E-state index is 0.0173. The average molecular weight is 327 g/mol. The van der Waals surface area contributed by atoms with Crippen LogP contribution in [0, 0.1) is 0 Å². The predicted octanol–water partition coefficient (Wildman–Crippen LogP) is 4.39. The SMILES string of the molecule is CC(NC(=O)c1cccc2c1-c1ccccc1C2=O)c1ccccc1. The molecule has 0 bridgehead atoms. The molecular formula is C22H17NO2. The van der Waals surface area contributed by atoms with E-state index in [1.807, 2.05) is 61.5 Å². The van der Waals surface area contributed by atoms with Crippen LogP contribution in [-0.4, -0.2) is 11.7 Å². The molecule has 0 heterocycles. The van der Waals surface area contributed by atoms with E-state index in [1.54, 1.807) is 18.2 Å². The Bertz CT molecular complexity index is 976. The maximum atomic E-state index is 12.9. The molecule has 3 nitrogen and oxygen atoms in total. The Labute approximate surface area is 146 Å². The van der Waals surface area contributed by atoms with Crippen LogP contribution in [0.25, 0.3) is 11.1 Å². The zero-order valence-electron chi connectivity index (χ0n) is 13.8. The molecule has 1 N–H and O–H groups in total. The molecule has 3 heteroatoms. The zero-order chi connectivity index (χ0) is 17.4. The Morgan fingerprint density at radius 2 is 1.44 bits per heavy atom. The summed E-state index contributed by atoms with van der Waals surface area (Å²) >= 11 is 0. The topological polar surface area (TPSA) is 46.2 Å². The van der Waals surface area contributed by atoms with E-state index in [4.69, 9.17) is 0 Å². The predicted molar refractivity (Wildman–Crippen MR) is 97.6 cm³/mol. The van der Waals surface area contributed by atoms with Gasteiger partial charge in [-0.15, -0.1) is 0 Å². The van der Waals surface area contributed by atoms with E-state index in [0.29, 0.717) is 16.7 Å². The highest BCUT2D eigenvalue weighted by Gasteiger charge is 2.30. The lowest BCUT2D eigenvalue weighted by Crippen LogP contribution is -2.27. The van der Waals surface area contributed by atoms with Crippen LogP contribution in [0.5, 0.6) is 0 Å². The van der Waals surface area contributed by atoms with Crippen LogP contribution in [0.1, 0.15) is 44.8 Å². The average Bonchev–Trinajstić information content (AvgIpc) is 2.95.